The maximum Gasteiger partial charge on any atom is 0.207 e. The van der Waals surface area contributed by atoms with Gasteiger partial charge in [-0.25, -0.2) is 0 Å². The van der Waals surface area contributed by atoms with Crippen molar-refractivity contribution in [3.8, 4) is 0 Å². The molecule has 0 heterocycles. The maximum atomic E-state index is 10.7. The van der Waals surface area contributed by atoms with Gasteiger partial charge in [-0.2, -0.15) is 0 Å². The lowest BCUT2D eigenvalue weighted by Crippen LogP contribution is -2.45. The standard InChI is InChI=1S/C15H19NO2/c1-18-15-12-5-3-2-4-11(12)10-6-7-14(16-9-17)13(15)8-10/h2-5,9-10,13-15H,6-8H2,1H3,(H,16,17). The lowest BCUT2D eigenvalue weighted by molar-refractivity contribution is -0.111. The van der Waals surface area contributed by atoms with Crippen molar-refractivity contribution in [1.29, 1.82) is 0 Å². The molecule has 1 N–H and O–H groups in total. The molecule has 18 heavy (non-hydrogen) atoms. The molecule has 3 nitrogen and oxygen atoms in total. The molecule has 0 radical (unpaired) electrons. The van der Waals surface area contributed by atoms with Crippen molar-refractivity contribution in [2.75, 3.05) is 7.11 Å². The first kappa shape index (κ1) is 11.7. The molecule has 2 aliphatic rings. The second-order valence-corrected chi connectivity index (χ2v) is 5.35. The summed E-state index contributed by atoms with van der Waals surface area (Å²) < 4.78 is 5.72. The SMILES string of the molecule is COC1c2ccccc2C2CCC(NC=O)C1C2. The van der Waals surface area contributed by atoms with Gasteiger partial charge in [0.2, 0.25) is 6.41 Å². The number of methoxy groups -OCH3 is 1. The summed E-state index contributed by atoms with van der Waals surface area (Å²) in [7, 11) is 1.77. The first-order valence-corrected chi connectivity index (χ1v) is 6.66. The summed E-state index contributed by atoms with van der Waals surface area (Å²) in [5.74, 6) is 1.05. The summed E-state index contributed by atoms with van der Waals surface area (Å²) in [5, 5.41) is 2.97. The Bertz CT molecular complexity index is 446. The second kappa shape index (κ2) is 4.73. The monoisotopic (exact) mass is 245 g/mol. The third kappa shape index (κ3) is 1.74. The third-order valence-electron chi connectivity index (χ3n) is 4.57. The fourth-order valence-corrected chi connectivity index (χ4v) is 3.79. The topological polar surface area (TPSA) is 38.3 Å². The van der Waals surface area contributed by atoms with Crippen molar-refractivity contribution in [1.82, 2.24) is 5.32 Å². The van der Waals surface area contributed by atoms with E-state index in [0.717, 1.165) is 25.7 Å². The lowest BCUT2D eigenvalue weighted by atomic mass is 9.65. The smallest absolute Gasteiger partial charge is 0.207 e. The Kier molecular flexibility index (Phi) is 3.08. The number of hydrogen-bond donors (Lipinski definition) is 1. The highest BCUT2D eigenvalue weighted by molar-refractivity contribution is 5.47. The minimum absolute atomic E-state index is 0.121. The Morgan fingerprint density at radius 3 is 2.78 bits per heavy atom. The van der Waals surface area contributed by atoms with Crippen molar-refractivity contribution < 1.29 is 9.53 Å². The van der Waals surface area contributed by atoms with Gasteiger partial charge < -0.3 is 10.1 Å². The molecule has 1 amide bonds. The third-order valence-corrected chi connectivity index (χ3v) is 4.57. The normalized spacial score (nSPS) is 33.6. The minimum atomic E-state index is 0.121. The van der Waals surface area contributed by atoms with Crippen molar-refractivity contribution in [2.45, 2.75) is 37.3 Å². The Morgan fingerprint density at radius 1 is 1.28 bits per heavy atom. The highest BCUT2D eigenvalue weighted by Gasteiger charge is 2.42. The summed E-state index contributed by atoms with van der Waals surface area (Å²) in [4.78, 5) is 10.7. The minimum Gasteiger partial charge on any atom is -0.376 e. The van der Waals surface area contributed by atoms with Gasteiger partial charge in [0.25, 0.3) is 0 Å². The van der Waals surface area contributed by atoms with E-state index in [1.165, 1.54) is 11.1 Å². The van der Waals surface area contributed by atoms with E-state index in [0.29, 0.717) is 11.8 Å². The number of carbonyl (C=O) groups excluding carboxylic acids is 1. The Morgan fingerprint density at radius 2 is 2.06 bits per heavy atom. The quantitative estimate of drug-likeness (QED) is 0.830. The molecule has 0 saturated heterocycles. The van der Waals surface area contributed by atoms with Gasteiger partial charge in [0, 0.05) is 19.1 Å². The van der Waals surface area contributed by atoms with Gasteiger partial charge in [-0.05, 0) is 36.3 Å². The van der Waals surface area contributed by atoms with Crippen molar-refractivity contribution in [3.05, 3.63) is 35.4 Å². The van der Waals surface area contributed by atoms with E-state index in [1.54, 1.807) is 7.11 Å². The largest absolute Gasteiger partial charge is 0.376 e. The molecule has 0 aliphatic heterocycles. The summed E-state index contributed by atoms with van der Waals surface area (Å²) in [6.07, 6.45) is 4.30. The van der Waals surface area contributed by atoms with Gasteiger partial charge in [-0.15, -0.1) is 0 Å². The highest BCUT2D eigenvalue weighted by atomic mass is 16.5. The Hall–Kier alpha value is -1.35. The van der Waals surface area contributed by atoms with Gasteiger partial charge in [-0.1, -0.05) is 24.3 Å². The number of ether oxygens (including phenoxy) is 1. The van der Waals surface area contributed by atoms with Crippen molar-refractivity contribution >= 4 is 6.41 Å². The summed E-state index contributed by atoms with van der Waals surface area (Å²) >= 11 is 0. The zero-order valence-electron chi connectivity index (χ0n) is 10.6. The number of nitrogens with one attached hydrogen (secondary N) is 1. The van der Waals surface area contributed by atoms with E-state index in [9.17, 15) is 4.79 Å². The molecule has 1 aromatic carbocycles. The maximum absolute atomic E-state index is 10.7. The van der Waals surface area contributed by atoms with E-state index in [2.05, 4.69) is 29.6 Å². The van der Waals surface area contributed by atoms with Crippen LogP contribution in [0.15, 0.2) is 24.3 Å². The summed E-state index contributed by atoms with van der Waals surface area (Å²) in [6.45, 7) is 0. The first-order chi connectivity index (χ1) is 8.85. The molecule has 0 aromatic heterocycles. The second-order valence-electron chi connectivity index (χ2n) is 5.35. The van der Waals surface area contributed by atoms with Crippen LogP contribution in [0.5, 0.6) is 0 Å². The molecule has 4 unspecified atom stereocenters. The van der Waals surface area contributed by atoms with Crippen LogP contribution in [0.4, 0.5) is 0 Å². The van der Waals surface area contributed by atoms with Crippen molar-refractivity contribution in [3.63, 3.8) is 0 Å². The van der Waals surface area contributed by atoms with Crippen LogP contribution in [0.25, 0.3) is 0 Å². The van der Waals surface area contributed by atoms with Crippen LogP contribution in [-0.2, 0) is 9.53 Å². The van der Waals surface area contributed by atoms with E-state index in [4.69, 9.17) is 4.74 Å². The molecule has 3 heteroatoms. The molecule has 2 aliphatic carbocycles. The molecule has 0 spiro atoms. The van der Waals surface area contributed by atoms with Gasteiger partial charge in [0.05, 0.1) is 6.10 Å². The fourth-order valence-electron chi connectivity index (χ4n) is 3.79. The molecule has 1 aromatic rings. The molecule has 4 atom stereocenters. The van der Waals surface area contributed by atoms with Crippen LogP contribution in [0.1, 0.15) is 42.4 Å². The number of carbonyl (C=O) groups is 1. The predicted molar refractivity (Wildman–Crippen MR) is 69.3 cm³/mol. The number of hydrogen-bond acceptors (Lipinski definition) is 2. The van der Waals surface area contributed by atoms with Crippen LogP contribution in [0.2, 0.25) is 0 Å². The number of rotatable bonds is 3. The molecule has 3 rings (SSSR count). The lowest BCUT2D eigenvalue weighted by Gasteiger charge is -2.45. The molecule has 1 fully saturated rings. The van der Waals surface area contributed by atoms with Crippen LogP contribution >= 0.6 is 0 Å². The Labute approximate surface area is 108 Å². The number of benzene rings is 1. The fraction of sp³-hybridized carbons (Fsp3) is 0.533. The molecule has 2 bridgehead atoms. The number of amides is 1. The van der Waals surface area contributed by atoms with Gasteiger partial charge in [0.15, 0.2) is 0 Å². The van der Waals surface area contributed by atoms with Gasteiger partial charge >= 0.3 is 0 Å². The number of fused-ring (bicyclic) bond motifs is 4. The van der Waals surface area contributed by atoms with E-state index >= 15 is 0 Å². The van der Waals surface area contributed by atoms with E-state index in [-0.39, 0.29) is 12.1 Å². The van der Waals surface area contributed by atoms with Crippen LogP contribution in [-0.4, -0.2) is 19.6 Å². The molecular formula is C15H19NO2. The van der Waals surface area contributed by atoms with E-state index < -0.39 is 0 Å². The van der Waals surface area contributed by atoms with Crippen LogP contribution in [0, 0.1) is 5.92 Å². The average Bonchev–Trinajstić information content (AvgIpc) is 2.42. The zero-order valence-corrected chi connectivity index (χ0v) is 10.6. The van der Waals surface area contributed by atoms with Gasteiger partial charge in [-0.3, -0.25) is 4.79 Å². The van der Waals surface area contributed by atoms with Crippen molar-refractivity contribution in [2.24, 2.45) is 5.92 Å². The van der Waals surface area contributed by atoms with E-state index in [1.807, 2.05) is 0 Å². The summed E-state index contributed by atoms with van der Waals surface area (Å²) in [6, 6.07) is 8.86. The zero-order chi connectivity index (χ0) is 12.5. The molecular weight excluding hydrogens is 226 g/mol. The predicted octanol–water partition coefficient (Wildman–Crippen LogP) is 2.39. The molecule has 96 valence electrons. The first-order valence-electron chi connectivity index (χ1n) is 6.66. The van der Waals surface area contributed by atoms with Gasteiger partial charge in [0.1, 0.15) is 0 Å². The summed E-state index contributed by atoms with van der Waals surface area (Å²) in [5.41, 5.74) is 2.77. The van der Waals surface area contributed by atoms with Crippen LogP contribution in [0.3, 0.4) is 0 Å². The Balaban J connectivity index is 1.99. The van der Waals surface area contributed by atoms with Crippen LogP contribution < -0.4 is 5.32 Å². The molecule has 1 saturated carbocycles. The average molecular weight is 245 g/mol. The highest BCUT2D eigenvalue weighted by Crippen LogP contribution is 2.49.